The SMILES string of the molecule is CCN(c1cc(-c2ccc(N3CCN(C)CC3)c(F)c2)cc2c(NCc3c(C)cc(C)[nH]c3=O)nccc12)C1CCC(N(C)C)CC1. The van der Waals surface area contributed by atoms with E-state index in [-0.39, 0.29) is 11.4 Å². The van der Waals surface area contributed by atoms with Crippen molar-refractivity contribution in [3.63, 3.8) is 0 Å². The van der Waals surface area contributed by atoms with E-state index in [9.17, 15) is 4.79 Å². The number of likely N-dealkylation sites (N-methyl/N-ethyl adjacent to an activating group) is 1. The number of nitrogens with one attached hydrogen (secondary N) is 2. The molecule has 0 spiro atoms. The van der Waals surface area contributed by atoms with Gasteiger partial charge in [-0.05, 0) is 121 Å². The van der Waals surface area contributed by atoms with Crippen LogP contribution in [0.2, 0.25) is 0 Å². The standard InChI is InChI=1S/C38H50FN7O/c1-7-46(30-11-9-29(10-12-30)43(4)5)36-23-28(27-8-13-35(34(39)22-27)45-18-16-44(6)17-19-45)21-32-31(36)14-15-40-37(32)41-24-33-25(2)20-26(3)42-38(33)47/h8,13-15,20-23,29-30H,7,9-12,16-19,24H2,1-6H3,(H,40,41)(H,42,47). The molecule has 1 saturated carbocycles. The summed E-state index contributed by atoms with van der Waals surface area (Å²) in [5.74, 6) is 0.522. The number of pyridine rings is 2. The summed E-state index contributed by atoms with van der Waals surface area (Å²) >= 11 is 0. The summed E-state index contributed by atoms with van der Waals surface area (Å²) in [7, 11) is 6.47. The second-order valence-corrected chi connectivity index (χ2v) is 13.7. The van der Waals surface area contributed by atoms with E-state index in [0.717, 1.165) is 84.4 Å². The Morgan fingerprint density at radius 2 is 1.66 bits per heavy atom. The van der Waals surface area contributed by atoms with Crippen molar-refractivity contribution in [2.75, 3.05) is 69.0 Å². The molecule has 1 aliphatic heterocycles. The quantitative estimate of drug-likeness (QED) is 0.219. The molecule has 2 aliphatic rings. The minimum absolute atomic E-state index is 0.0852. The molecule has 2 aromatic carbocycles. The Bertz CT molecular complexity index is 1770. The second kappa shape index (κ2) is 14.0. The number of fused-ring (bicyclic) bond motifs is 1. The summed E-state index contributed by atoms with van der Waals surface area (Å²) in [5.41, 5.74) is 6.01. The molecule has 0 radical (unpaired) electrons. The summed E-state index contributed by atoms with van der Waals surface area (Å²) in [6.07, 6.45) is 6.44. The predicted molar refractivity (Wildman–Crippen MR) is 193 cm³/mol. The fraction of sp³-hybridized carbons (Fsp3) is 0.474. The van der Waals surface area contributed by atoms with Gasteiger partial charge in [0.15, 0.2) is 0 Å². The van der Waals surface area contributed by atoms with Gasteiger partial charge in [-0.3, -0.25) is 4.79 Å². The molecule has 9 heteroatoms. The van der Waals surface area contributed by atoms with Gasteiger partial charge in [0.25, 0.3) is 5.56 Å². The van der Waals surface area contributed by atoms with Crippen LogP contribution in [0.15, 0.2) is 53.5 Å². The van der Waals surface area contributed by atoms with Crippen LogP contribution in [0.4, 0.5) is 21.6 Å². The molecule has 0 atom stereocenters. The number of rotatable bonds is 9. The first-order valence-corrected chi connectivity index (χ1v) is 17.2. The van der Waals surface area contributed by atoms with Crippen LogP contribution in [0.25, 0.3) is 21.9 Å². The summed E-state index contributed by atoms with van der Waals surface area (Å²) in [4.78, 5) is 29.9. The molecular weight excluding hydrogens is 589 g/mol. The van der Waals surface area contributed by atoms with Crippen molar-refractivity contribution >= 4 is 28.0 Å². The van der Waals surface area contributed by atoms with E-state index in [0.29, 0.717) is 35.7 Å². The number of aromatic amines is 1. The smallest absolute Gasteiger partial charge is 0.253 e. The molecule has 2 aromatic heterocycles. The third-order valence-corrected chi connectivity index (χ3v) is 10.4. The number of halogens is 1. The molecule has 1 saturated heterocycles. The topological polar surface area (TPSA) is 70.7 Å². The summed E-state index contributed by atoms with van der Waals surface area (Å²) in [6.45, 7) is 10.8. The van der Waals surface area contributed by atoms with Crippen LogP contribution in [0.1, 0.15) is 49.4 Å². The lowest BCUT2D eigenvalue weighted by molar-refractivity contribution is 0.214. The van der Waals surface area contributed by atoms with E-state index in [4.69, 9.17) is 4.98 Å². The summed E-state index contributed by atoms with van der Waals surface area (Å²) < 4.78 is 15.8. The Balaban J connectivity index is 1.41. The maximum atomic E-state index is 15.8. The minimum atomic E-state index is -0.193. The van der Waals surface area contributed by atoms with Crippen LogP contribution in [-0.2, 0) is 6.54 Å². The third kappa shape index (κ3) is 7.02. The van der Waals surface area contributed by atoms with Crippen molar-refractivity contribution in [2.24, 2.45) is 0 Å². The highest BCUT2D eigenvalue weighted by atomic mass is 19.1. The molecule has 2 N–H and O–H groups in total. The average Bonchev–Trinajstić information content (AvgIpc) is 3.05. The van der Waals surface area contributed by atoms with Crippen molar-refractivity contribution in [2.45, 2.75) is 65.1 Å². The van der Waals surface area contributed by atoms with Gasteiger partial charge in [0.1, 0.15) is 11.6 Å². The van der Waals surface area contributed by atoms with Gasteiger partial charge in [-0.2, -0.15) is 0 Å². The Kier molecular flexibility index (Phi) is 9.85. The monoisotopic (exact) mass is 639 g/mol. The first kappa shape index (κ1) is 33.0. The van der Waals surface area contributed by atoms with Crippen molar-refractivity contribution in [3.8, 4) is 11.1 Å². The molecule has 8 nitrogen and oxygen atoms in total. The van der Waals surface area contributed by atoms with Gasteiger partial charge in [0.2, 0.25) is 0 Å². The fourth-order valence-corrected chi connectivity index (χ4v) is 7.59. The van der Waals surface area contributed by atoms with Crippen LogP contribution in [-0.4, -0.2) is 85.7 Å². The number of hydrogen-bond donors (Lipinski definition) is 2. The molecule has 3 heterocycles. The van der Waals surface area contributed by atoms with E-state index in [1.165, 1.54) is 12.8 Å². The number of piperazine rings is 1. The highest BCUT2D eigenvalue weighted by Crippen LogP contribution is 2.39. The van der Waals surface area contributed by atoms with Crippen LogP contribution in [0.3, 0.4) is 0 Å². The number of benzene rings is 2. The molecule has 6 rings (SSSR count). The number of hydrogen-bond acceptors (Lipinski definition) is 7. The number of nitrogens with zero attached hydrogens (tertiary/aromatic N) is 5. The van der Waals surface area contributed by atoms with Gasteiger partial charge in [-0.15, -0.1) is 0 Å². The lowest BCUT2D eigenvalue weighted by Crippen LogP contribution is -2.44. The van der Waals surface area contributed by atoms with Crippen molar-refractivity contribution in [3.05, 3.63) is 81.7 Å². The lowest BCUT2D eigenvalue weighted by atomic mass is 9.88. The minimum Gasteiger partial charge on any atom is -0.368 e. The van der Waals surface area contributed by atoms with E-state index in [1.807, 2.05) is 32.2 Å². The van der Waals surface area contributed by atoms with E-state index >= 15 is 4.39 Å². The lowest BCUT2D eigenvalue weighted by Gasteiger charge is -2.40. The predicted octanol–water partition coefficient (Wildman–Crippen LogP) is 6.41. The number of anilines is 3. The Morgan fingerprint density at radius 3 is 2.32 bits per heavy atom. The number of aryl methyl sites for hydroxylation is 2. The zero-order chi connectivity index (χ0) is 33.2. The van der Waals surface area contributed by atoms with E-state index < -0.39 is 0 Å². The van der Waals surface area contributed by atoms with Crippen molar-refractivity contribution < 1.29 is 4.39 Å². The van der Waals surface area contributed by atoms with E-state index in [2.05, 4.69) is 82.2 Å². The second-order valence-electron chi connectivity index (χ2n) is 13.7. The van der Waals surface area contributed by atoms with Crippen molar-refractivity contribution in [1.82, 2.24) is 19.8 Å². The molecule has 2 fully saturated rings. The number of H-pyrrole nitrogens is 1. The Morgan fingerprint density at radius 1 is 0.936 bits per heavy atom. The largest absolute Gasteiger partial charge is 0.368 e. The fourth-order valence-electron chi connectivity index (χ4n) is 7.59. The maximum Gasteiger partial charge on any atom is 0.253 e. The normalized spacial score (nSPS) is 19.0. The highest BCUT2D eigenvalue weighted by molar-refractivity contribution is 6.03. The van der Waals surface area contributed by atoms with Crippen LogP contribution in [0.5, 0.6) is 0 Å². The number of aromatic nitrogens is 2. The van der Waals surface area contributed by atoms with E-state index in [1.54, 1.807) is 6.07 Å². The molecule has 1 aliphatic carbocycles. The zero-order valence-electron chi connectivity index (χ0n) is 28.9. The van der Waals surface area contributed by atoms with Gasteiger partial charge >= 0.3 is 0 Å². The third-order valence-electron chi connectivity index (χ3n) is 10.4. The van der Waals surface area contributed by atoms with Gasteiger partial charge < -0.3 is 29.9 Å². The molecule has 0 bridgehead atoms. The molecule has 47 heavy (non-hydrogen) atoms. The summed E-state index contributed by atoms with van der Waals surface area (Å²) in [5, 5.41) is 5.56. The summed E-state index contributed by atoms with van der Waals surface area (Å²) in [6, 6.07) is 15.2. The zero-order valence-corrected chi connectivity index (χ0v) is 28.9. The Hall–Kier alpha value is -3.95. The molecule has 4 aromatic rings. The van der Waals surface area contributed by atoms with Crippen LogP contribution >= 0.6 is 0 Å². The van der Waals surface area contributed by atoms with Crippen molar-refractivity contribution in [1.29, 1.82) is 0 Å². The van der Waals surface area contributed by atoms with Crippen LogP contribution < -0.4 is 20.7 Å². The van der Waals surface area contributed by atoms with Gasteiger partial charge in [-0.1, -0.05) is 6.07 Å². The van der Waals surface area contributed by atoms with Gasteiger partial charge in [0, 0.05) is 85.3 Å². The van der Waals surface area contributed by atoms with Gasteiger partial charge in [0.05, 0.1) is 5.69 Å². The average molecular weight is 640 g/mol. The van der Waals surface area contributed by atoms with Gasteiger partial charge in [-0.25, -0.2) is 9.37 Å². The first-order chi connectivity index (χ1) is 22.6. The maximum absolute atomic E-state index is 15.8. The highest BCUT2D eigenvalue weighted by Gasteiger charge is 2.28. The molecular formula is C38H50FN7O. The van der Waals surface area contributed by atoms with Crippen LogP contribution in [0, 0.1) is 19.7 Å². The Labute approximate surface area is 278 Å². The molecule has 0 amide bonds. The molecule has 250 valence electrons. The molecule has 0 unspecified atom stereocenters. The first-order valence-electron chi connectivity index (χ1n) is 17.2.